The van der Waals surface area contributed by atoms with E-state index in [9.17, 15) is 15.0 Å². The van der Waals surface area contributed by atoms with Crippen molar-refractivity contribution in [1.82, 2.24) is 4.90 Å². The van der Waals surface area contributed by atoms with Gasteiger partial charge in [0.25, 0.3) is 0 Å². The topological polar surface area (TPSA) is 60.8 Å². The Hall–Kier alpha value is -1.55. The van der Waals surface area contributed by atoms with Gasteiger partial charge in [-0.25, -0.2) is 0 Å². The van der Waals surface area contributed by atoms with Crippen molar-refractivity contribution in [3.05, 3.63) is 23.3 Å². The van der Waals surface area contributed by atoms with Gasteiger partial charge in [0.15, 0.2) is 6.29 Å². The summed E-state index contributed by atoms with van der Waals surface area (Å²) in [5.74, 6) is -0.112. The molecule has 1 aromatic carbocycles. The van der Waals surface area contributed by atoms with Crippen LogP contribution in [-0.2, 0) is 6.54 Å². The Kier molecular flexibility index (Phi) is 3.64. The lowest BCUT2D eigenvalue weighted by Gasteiger charge is -2.26. The third kappa shape index (κ3) is 2.77. The number of rotatable bonds is 3. The number of likely N-dealkylation sites (tertiary alicyclic amines) is 1. The van der Waals surface area contributed by atoms with Gasteiger partial charge in [0, 0.05) is 18.2 Å². The minimum absolute atomic E-state index is 0.0543. The highest BCUT2D eigenvalue weighted by molar-refractivity contribution is 5.80. The number of phenolic OH excluding ortho intramolecular Hbond substituents is 2. The number of aldehydes is 1. The molecule has 0 spiro atoms. The number of carbonyl (C=O) groups excluding carboxylic acids is 1. The summed E-state index contributed by atoms with van der Waals surface area (Å²) in [6.45, 7) is 2.68. The van der Waals surface area contributed by atoms with E-state index in [0.29, 0.717) is 18.4 Å². The molecule has 0 aromatic heterocycles. The molecule has 1 heterocycles. The average molecular weight is 235 g/mol. The van der Waals surface area contributed by atoms with Crippen LogP contribution in [0.2, 0.25) is 0 Å². The van der Waals surface area contributed by atoms with E-state index in [0.717, 1.165) is 13.1 Å². The van der Waals surface area contributed by atoms with Crippen LogP contribution in [0.5, 0.6) is 11.5 Å². The standard InChI is InChI=1S/C13H17NO3/c15-9-11-6-10(12(16)7-13(11)17)8-14-4-2-1-3-5-14/h6-7,9,16-17H,1-5,8H2. The summed E-state index contributed by atoms with van der Waals surface area (Å²) in [7, 11) is 0. The van der Waals surface area contributed by atoms with Crippen molar-refractivity contribution < 1.29 is 15.0 Å². The van der Waals surface area contributed by atoms with E-state index < -0.39 is 0 Å². The minimum atomic E-state index is -0.167. The van der Waals surface area contributed by atoms with Crippen LogP contribution in [0.1, 0.15) is 35.2 Å². The van der Waals surface area contributed by atoms with E-state index in [1.165, 1.54) is 25.3 Å². The quantitative estimate of drug-likeness (QED) is 0.785. The molecule has 0 aliphatic carbocycles. The highest BCUT2D eigenvalue weighted by atomic mass is 16.3. The first kappa shape index (κ1) is 11.9. The summed E-state index contributed by atoms with van der Waals surface area (Å²) in [6, 6.07) is 2.80. The third-order valence-corrected chi connectivity index (χ3v) is 3.20. The van der Waals surface area contributed by atoms with E-state index in [1.807, 2.05) is 0 Å². The zero-order chi connectivity index (χ0) is 12.3. The second-order valence-electron chi connectivity index (χ2n) is 4.49. The van der Waals surface area contributed by atoms with E-state index in [2.05, 4.69) is 4.90 Å². The first-order valence-corrected chi connectivity index (χ1v) is 5.93. The van der Waals surface area contributed by atoms with E-state index >= 15 is 0 Å². The summed E-state index contributed by atoms with van der Waals surface area (Å²) in [4.78, 5) is 13.0. The second-order valence-corrected chi connectivity index (χ2v) is 4.49. The number of hydrogen-bond donors (Lipinski definition) is 2. The van der Waals surface area contributed by atoms with E-state index in [1.54, 1.807) is 6.07 Å². The summed E-state index contributed by atoms with van der Waals surface area (Å²) in [6.07, 6.45) is 4.23. The van der Waals surface area contributed by atoms with Gasteiger partial charge in [-0.1, -0.05) is 6.42 Å². The van der Waals surface area contributed by atoms with E-state index in [-0.39, 0.29) is 17.1 Å². The molecule has 1 aliphatic heterocycles. The maximum absolute atomic E-state index is 10.7. The van der Waals surface area contributed by atoms with Crippen molar-refractivity contribution in [3.8, 4) is 11.5 Å². The van der Waals surface area contributed by atoms with Crippen LogP contribution in [0, 0.1) is 0 Å². The Morgan fingerprint density at radius 3 is 2.47 bits per heavy atom. The van der Waals surface area contributed by atoms with Crippen LogP contribution >= 0.6 is 0 Å². The highest BCUT2D eigenvalue weighted by Gasteiger charge is 2.14. The third-order valence-electron chi connectivity index (χ3n) is 3.20. The molecule has 1 saturated heterocycles. The van der Waals surface area contributed by atoms with Crippen LogP contribution < -0.4 is 0 Å². The van der Waals surface area contributed by atoms with Crippen molar-refractivity contribution >= 4 is 6.29 Å². The number of hydrogen-bond acceptors (Lipinski definition) is 4. The van der Waals surface area contributed by atoms with Gasteiger partial charge < -0.3 is 10.2 Å². The van der Waals surface area contributed by atoms with Gasteiger partial charge in [-0.15, -0.1) is 0 Å². The molecule has 4 heteroatoms. The molecule has 0 atom stereocenters. The lowest BCUT2D eigenvalue weighted by Crippen LogP contribution is -2.29. The molecule has 0 saturated carbocycles. The van der Waals surface area contributed by atoms with Crippen LogP contribution in [0.15, 0.2) is 12.1 Å². The largest absolute Gasteiger partial charge is 0.507 e. The zero-order valence-corrected chi connectivity index (χ0v) is 9.72. The lowest BCUT2D eigenvalue weighted by atomic mass is 10.1. The Morgan fingerprint density at radius 2 is 1.82 bits per heavy atom. The molecule has 17 heavy (non-hydrogen) atoms. The van der Waals surface area contributed by atoms with Crippen LogP contribution in [-0.4, -0.2) is 34.5 Å². The predicted molar refractivity (Wildman–Crippen MR) is 64.3 cm³/mol. The molecule has 0 radical (unpaired) electrons. The predicted octanol–water partition coefficient (Wildman–Crippen LogP) is 1.90. The van der Waals surface area contributed by atoms with Gasteiger partial charge in [-0.3, -0.25) is 9.69 Å². The molecular weight excluding hydrogens is 218 g/mol. The number of piperidine rings is 1. The molecular formula is C13H17NO3. The van der Waals surface area contributed by atoms with Gasteiger partial charge in [0.1, 0.15) is 11.5 Å². The smallest absolute Gasteiger partial charge is 0.153 e. The fourth-order valence-electron chi connectivity index (χ4n) is 2.22. The summed E-state index contributed by atoms with van der Waals surface area (Å²) in [5.41, 5.74) is 0.932. The first-order chi connectivity index (χ1) is 8.20. The van der Waals surface area contributed by atoms with Gasteiger partial charge in [0.2, 0.25) is 0 Å². The number of carbonyl (C=O) groups is 1. The van der Waals surface area contributed by atoms with E-state index in [4.69, 9.17) is 0 Å². The summed E-state index contributed by atoms with van der Waals surface area (Å²) >= 11 is 0. The molecule has 1 fully saturated rings. The Balaban J connectivity index is 2.16. The molecule has 4 nitrogen and oxygen atoms in total. The maximum Gasteiger partial charge on any atom is 0.153 e. The molecule has 0 amide bonds. The molecule has 1 aromatic rings. The van der Waals surface area contributed by atoms with Crippen LogP contribution in [0.4, 0.5) is 0 Å². The Morgan fingerprint density at radius 1 is 1.12 bits per heavy atom. The van der Waals surface area contributed by atoms with Gasteiger partial charge in [-0.05, 0) is 32.0 Å². The summed E-state index contributed by atoms with van der Waals surface area (Å²) < 4.78 is 0. The SMILES string of the molecule is O=Cc1cc(CN2CCCCC2)c(O)cc1O. The van der Waals surface area contributed by atoms with Gasteiger partial charge in [-0.2, -0.15) is 0 Å². The normalized spacial score (nSPS) is 16.9. The van der Waals surface area contributed by atoms with Crippen molar-refractivity contribution in [1.29, 1.82) is 0 Å². The molecule has 1 aliphatic rings. The molecule has 0 unspecified atom stereocenters. The molecule has 92 valence electrons. The van der Waals surface area contributed by atoms with Gasteiger partial charge in [0.05, 0.1) is 5.56 Å². The average Bonchev–Trinajstić information content (AvgIpc) is 2.34. The zero-order valence-electron chi connectivity index (χ0n) is 9.72. The van der Waals surface area contributed by atoms with Crippen molar-refractivity contribution in [2.75, 3.05) is 13.1 Å². The maximum atomic E-state index is 10.7. The number of nitrogens with zero attached hydrogens (tertiary/aromatic N) is 1. The Labute approximate surface area is 100 Å². The summed E-state index contributed by atoms with van der Waals surface area (Å²) in [5, 5.41) is 19.2. The number of benzene rings is 1. The van der Waals surface area contributed by atoms with Crippen molar-refractivity contribution in [2.45, 2.75) is 25.8 Å². The highest BCUT2D eigenvalue weighted by Crippen LogP contribution is 2.28. The molecule has 2 rings (SSSR count). The number of aromatic hydroxyl groups is 2. The number of phenols is 2. The monoisotopic (exact) mass is 235 g/mol. The second kappa shape index (κ2) is 5.19. The Bertz CT molecular complexity index is 411. The lowest BCUT2D eigenvalue weighted by molar-refractivity contribution is 0.112. The first-order valence-electron chi connectivity index (χ1n) is 5.93. The fraction of sp³-hybridized carbons (Fsp3) is 0.462. The minimum Gasteiger partial charge on any atom is -0.507 e. The van der Waals surface area contributed by atoms with Crippen molar-refractivity contribution in [2.24, 2.45) is 0 Å². The van der Waals surface area contributed by atoms with Crippen LogP contribution in [0.3, 0.4) is 0 Å². The fourth-order valence-corrected chi connectivity index (χ4v) is 2.22. The van der Waals surface area contributed by atoms with Crippen LogP contribution in [0.25, 0.3) is 0 Å². The molecule has 0 bridgehead atoms. The van der Waals surface area contributed by atoms with Gasteiger partial charge >= 0.3 is 0 Å². The van der Waals surface area contributed by atoms with Crippen molar-refractivity contribution in [3.63, 3.8) is 0 Å². The molecule has 2 N–H and O–H groups in total.